The molecule has 13 heavy (non-hydrogen) atoms. The lowest BCUT2D eigenvalue weighted by atomic mass is 9.82. The number of anilines is 1. The molecule has 0 aromatic carbocycles. The van der Waals surface area contributed by atoms with Crippen molar-refractivity contribution in [3.8, 4) is 0 Å². The van der Waals surface area contributed by atoms with Gasteiger partial charge in [0.2, 0.25) is 0 Å². The van der Waals surface area contributed by atoms with Crippen molar-refractivity contribution in [2.24, 2.45) is 0 Å². The number of imidazole rings is 1. The van der Waals surface area contributed by atoms with Crippen LogP contribution in [-0.4, -0.2) is 26.6 Å². The molecule has 0 spiro atoms. The van der Waals surface area contributed by atoms with E-state index in [1.54, 1.807) is 28.9 Å². The van der Waals surface area contributed by atoms with E-state index in [2.05, 4.69) is 4.98 Å². The molecule has 0 fully saturated rings. The van der Waals surface area contributed by atoms with Crippen LogP contribution in [0.1, 0.15) is 0 Å². The first-order chi connectivity index (χ1) is 6.16. The monoisotopic (exact) mass is 177 g/mol. The van der Waals surface area contributed by atoms with E-state index in [1.165, 1.54) is 0 Å². The average molecular weight is 177 g/mol. The Morgan fingerprint density at radius 1 is 1.31 bits per heavy atom. The zero-order chi connectivity index (χ0) is 9.42. The highest BCUT2D eigenvalue weighted by atomic mass is 16.4. The molecule has 0 atom stereocenters. The zero-order valence-corrected chi connectivity index (χ0v) is 6.75. The van der Waals surface area contributed by atoms with Crippen molar-refractivity contribution in [3.63, 3.8) is 0 Å². The molecule has 2 aromatic rings. The van der Waals surface area contributed by atoms with E-state index in [0.717, 1.165) is 0 Å². The van der Waals surface area contributed by atoms with Crippen molar-refractivity contribution in [3.05, 3.63) is 24.5 Å². The van der Waals surface area contributed by atoms with Gasteiger partial charge in [-0.15, -0.1) is 0 Å². The minimum Gasteiger partial charge on any atom is -0.423 e. The smallest absolute Gasteiger partial charge is 0.423 e. The summed E-state index contributed by atoms with van der Waals surface area (Å²) in [5, 5.41) is 17.8. The second-order valence-corrected chi connectivity index (χ2v) is 2.77. The molecule has 66 valence electrons. The number of nitrogen functional groups attached to an aromatic ring is 1. The van der Waals surface area contributed by atoms with Gasteiger partial charge in [-0.2, -0.15) is 0 Å². The number of rotatable bonds is 1. The molecule has 0 saturated heterocycles. The second-order valence-electron chi connectivity index (χ2n) is 2.77. The molecule has 2 rings (SSSR count). The third-order valence-electron chi connectivity index (χ3n) is 1.79. The topological polar surface area (TPSA) is 83.8 Å². The van der Waals surface area contributed by atoms with Crippen LogP contribution in [0, 0.1) is 0 Å². The highest BCUT2D eigenvalue weighted by Crippen LogP contribution is 2.03. The number of pyridine rings is 1. The molecule has 0 bridgehead atoms. The number of nitrogens with two attached hydrogens (primary N) is 1. The summed E-state index contributed by atoms with van der Waals surface area (Å²) in [6, 6.07) is 3.26. The van der Waals surface area contributed by atoms with Crippen LogP contribution >= 0.6 is 0 Å². The molecule has 4 N–H and O–H groups in total. The summed E-state index contributed by atoms with van der Waals surface area (Å²) in [5.41, 5.74) is 6.55. The molecule has 0 unspecified atom stereocenters. The maximum atomic E-state index is 8.88. The maximum absolute atomic E-state index is 8.88. The Morgan fingerprint density at radius 3 is 2.77 bits per heavy atom. The van der Waals surface area contributed by atoms with Crippen molar-refractivity contribution in [1.29, 1.82) is 0 Å². The highest BCUT2D eigenvalue weighted by molar-refractivity contribution is 6.58. The molecule has 2 aromatic heterocycles. The Labute approximate surface area is 74.6 Å². The number of fused-ring (bicyclic) bond motifs is 1. The number of hydrogen-bond acceptors (Lipinski definition) is 4. The van der Waals surface area contributed by atoms with E-state index >= 15 is 0 Å². The Bertz CT molecular complexity index is 440. The van der Waals surface area contributed by atoms with Gasteiger partial charge in [0, 0.05) is 6.20 Å². The Morgan fingerprint density at radius 2 is 2.08 bits per heavy atom. The van der Waals surface area contributed by atoms with Crippen LogP contribution in [-0.2, 0) is 0 Å². The molecule has 0 aliphatic rings. The molecule has 6 heteroatoms. The van der Waals surface area contributed by atoms with Crippen LogP contribution < -0.4 is 11.2 Å². The predicted molar refractivity (Wildman–Crippen MR) is 49.4 cm³/mol. The minimum absolute atomic E-state index is 0.407. The molecule has 0 aliphatic heterocycles. The lowest BCUT2D eigenvalue weighted by Gasteiger charge is -1.98. The van der Waals surface area contributed by atoms with E-state index in [0.29, 0.717) is 16.9 Å². The molecule has 0 saturated carbocycles. The van der Waals surface area contributed by atoms with Crippen molar-refractivity contribution < 1.29 is 10.0 Å². The summed E-state index contributed by atoms with van der Waals surface area (Å²) in [7, 11) is -1.46. The van der Waals surface area contributed by atoms with Gasteiger partial charge in [0.25, 0.3) is 0 Å². The SMILES string of the molecule is Nc1cn2cc(B(O)O)ccc2n1. The van der Waals surface area contributed by atoms with Crippen molar-refractivity contribution in [2.45, 2.75) is 0 Å². The van der Waals surface area contributed by atoms with Gasteiger partial charge in [-0.3, -0.25) is 0 Å². The summed E-state index contributed by atoms with van der Waals surface area (Å²) >= 11 is 0. The zero-order valence-electron chi connectivity index (χ0n) is 6.75. The summed E-state index contributed by atoms with van der Waals surface area (Å²) in [6.07, 6.45) is 3.19. The summed E-state index contributed by atoms with van der Waals surface area (Å²) in [4.78, 5) is 3.99. The lowest BCUT2D eigenvalue weighted by Crippen LogP contribution is -2.30. The fourth-order valence-corrected chi connectivity index (χ4v) is 1.18. The van der Waals surface area contributed by atoms with E-state index in [-0.39, 0.29) is 0 Å². The van der Waals surface area contributed by atoms with Crippen LogP contribution in [0.2, 0.25) is 0 Å². The van der Waals surface area contributed by atoms with Gasteiger partial charge in [0.05, 0.1) is 6.20 Å². The minimum atomic E-state index is -1.46. The van der Waals surface area contributed by atoms with Crippen LogP contribution in [0.3, 0.4) is 0 Å². The van der Waals surface area contributed by atoms with E-state index < -0.39 is 7.12 Å². The van der Waals surface area contributed by atoms with E-state index in [4.69, 9.17) is 15.8 Å². The standard InChI is InChI=1S/C7H8BN3O2/c9-6-4-11-3-5(8(12)13)1-2-7(11)10-6/h1-4,12-13H,9H2. The molecular formula is C7H8BN3O2. The maximum Gasteiger partial charge on any atom is 0.489 e. The molecule has 0 amide bonds. The third kappa shape index (κ3) is 1.37. The van der Waals surface area contributed by atoms with Gasteiger partial charge < -0.3 is 20.2 Å². The first-order valence-electron chi connectivity index (χ1n) is 3.77. The van der Waals surface area contributed by atoms with Crippen LogP contribution in [0.4, 0.5) is 5.82 Å². The van der Waals surface area contributed by atoms with E-state index in [1.807, 2.05) is 0 Å². The van der Waals surface area contributed by atoms with Gasteiger partial charge in [0.1, 0.15) is 11.5 Å². The lowest BCUT2D eigenvalue weighted by molar-refractivity contribution is 0.425. The van der Waals surface area contributed by atoms with Gasteiger partial charge in [0.15, 0.2) is 0 Å². The first kappa shape index (κ1) is 8.09. The normalized spacial score (nSPS) is 10.6. The van der Waals surface area contributed by atoms with Gasteiger partial charge >= 0.3 is 7.12 Å². The number of hydrogen-bond donors (Lipinski definition) is 3. The van der Waals surface area contributed by atoms with Gasteiger partial charge in [-0.05, 0) is 11.5 Å². The Balaban J connectivity index is 2.61. The quantitative estimate of drug-likeness (QED) is 0.467. The van der Waals surface area contributed by atoms with Crippen molar-refractivity contribution in [1.82, 2.24) is 9.38 Å². The summed E-state index contributed by atoms with van der Waals surface area (Å²) in [5.74, 6) is 0.407. The molecule has 2 heterocycles. The summed E-state index contributed by atoms with van der Waals surface area (Å²) in [6.45, 7) is 0. The molecule has 0 aliphatic carbocycles. The molecule has 5 nitrogen and oxygen atoms in total. The Kier molecular flexibility index (Phi) is 1.71. The van der Waals surface area contributed by atoms with Gasteiger partial charge in [-0.1, -0.05) is 6.07 Å². The highest BCUT2D eigenvalue weighted by Gasteiger charge is 2.11. The predicted octanol–water partition coefficient (Wildman–Crippen LogP) is -1.40. The fourth-order valence-electron chi connectivity index (χ4n) is 1.18. The number of aromatic nitrogens is 2. The number of nitrogens with zero attached hydrogens (tertiary/aromatic N) is 2. The third-order valence-corrected chi connectivity index (χ3v) is 1.79. The average Bonchev–Trinajstić information content (AvgIpc) is 2.42. The fraction of sp³-hybridized carbons (Fsp3) is 0. The summed E-state index contributed by atoms with van der Waals surface area (Å²) < 4.78 is 1.64. The molecule has 0 radical (unpaired) electrons. The van der Waals surface area contributed by atoms with Gasteiger partial charge in [-0.25, -0.2) is 4.98 Å². The largest absolute Gasteiger partial charge is 0.489 e. The molecular weight excluding hydrogens is 169 g/mol. The van der Waals surface area contributed by atoms with Crippen molar-refractivity contribution in [2.75, 3.05) is 5.73 Å². The van der Waals surface area contributed by atoms with E-state index in [9.17, 15) is 0 Å². The van der Waals surface area contributed by atoms with Crippen LogP contribution in [0.5, 0.6) is 0 Å². The van der Waals surface area contributed by atoms with Crippen LogP contribution in [0.15, 0.2) is 24.5 Å². The van der Waals surface area contributed by atoms with Crippen molar-refractivity contribution >= 4 is 24.0 Å². The second kappa shape index (κ2) is 2.76. The first-order valence-corrected chi connectivity index (χ1v) is 3.77. The van der Waals surface area contributed by atoms with Crippen LogP contribution in [0.25, 0.3) is 5.65 Å². The Hall–Kier alpha value is -1.53.